The molecule has 1 aromatic carbocycles. The Morgan fingerprint density at radius 1 is 1.35 bits per heavy atom. The van der Waals surface area contributed by atoms with E-state index < -0.39 is 0 Å². The van der Waals surface area contributed by atoms with Gasteiger partial charge in [0.1, 0.15) is 0 Å². The first-order valence-electron chi connectivity index (χ1n) is 7.59. The minimum atomic E-state index is -0.0716. The van der Waals surface area contributed by atoms with Crippen molar-refractivity contribution in [2.75, 3.05) is 13.7 Å². The van der Waals surface area contributed by atoms with Crippen molar-refractivity contribution >= 4 is 5.97 Å². The van der Waals surface area contributed by atoms with Gasteiger partial charge in [0.2, 0.25) is 0 Å². The first-order chi connectivity index (χ1) is 9.74. The lowest BCUT2D eigenvalue weighted by atomic mass is 9.93. The highest BCUT2D eigenvalue weighted by Gasteiger charge is 2.34. The lowest BCUT2D eigenvalue weighted by Gasteiger charge is -2.27. The molecule has 1 aliphatic rings. The molecule has 1 fully saturated rings. The Labute approximate surface area is 121 Å². The van der Waals surface area contributed by atoms with E-state index in [9.17, 15) is 4.79 Å². The minimum absolute atomic E-state index is 0.0716. The van der Waals surface area contributed by atoms with Gasteiger partial charge in [0.05, 0.1) is 7.11 Å². The number of carbonyl (C=O) groups is 1. The quantitative estimate of drug-likeness (QED) is 0.746. The van der Waals surface area contributed by atoms with Crippen LogP contribution < -0.4 is 0 Å². The van der Waals surface area contributed by atoms with Gasteiger partial charge in [0.15, 0.2) is 0 Å². The van der Waals surface area contributed by atoms with E-state index in [1.165, 1.54) is 12.7 Å². The predicted molar refractivity (Wildman–Crippen MR) is 80.3 cm³/mol. The van der Waals surface area contributed by atoms with Gasteiger partial charge in [-0.3, -0.25) is 9.69 Å². The Kier molecular flexibility index (Phi) is 5.60. The highest BCUT2D eigenvalue weighted by Crippen LogP contribution is 2.31. The third-order valence-electron chi connectivity index (χ3n) is 4.27. The van der Waals surface area contributed by atoms with Crippen molar-refractivity contribution in [2.45, 2.75) is 45.2 Å². The van der Waals surface area contributed by atoms with E-state index in [4.69, 9.17) is 4.74 Å². The topological polar surface area (TPSA) is 29.5 Å². The van der Waals surface area contributed by atoms with Gasteiger partial charge in [-0.15, -0.1) is 0 Å². The average molecular weight is 275 g/mol. The molecule has 20 heavy (non-hydrogen) atoms. The van der Waals surface area contributed by atoms with Crippen LogP contribution in [-0.2, 0) is 16.1 Å². The number of ether oxygens (including phenoxy) is 1. The van der Waals surface area contributed by atoms with Crippen molar-refractivity contribution in [3.05, 3.63) is 35.9 Å². The van der Waals surface area contributed by atoms with Crippen LogP contribution in [0.1, 0.15) is 38.2 Å². The van der Waals surface area contributed by atoms with E-state index in [-0.39, 0.29) is 5.97 Å². The molecular formula is C17H25NO2. The van der Waals surface area contributed by atoms with Crippen LogP contribution in [0, 0.1) is 5.92 Å². The van der Waals surface area contributed by atoms with Crippen molar-refractivity contribution in [1.29, 1.82) is 0 Å². The molecule has 3 nitrogen and oxygen atoms in total. The van der Waals surface area contributed by atoms with E-state index in [2.05, 4.69) is 42.2 Å². The van der Waals surface area contributed by atoms with E-state index >= 15 is 0 Å². The van der Waals surface area contributed by atoms with Gasteiger partial charge < -0.3 is 4.74 Å². The fraction of sp³-hybridized carbons (Fsp3) is 0.588. The zero-order chi connectivity index (χ0) is 14.4. The number of methoxy groups -OCH3 is 1. The summed E-state index contributed by atoms with van der Waals surface area (Å²) in [5.74, 6) is 0.378. The maximum atomic E-state index is 11.5. The van der Waals surface area contributed by atoms with Crippen LogP contribution in [0.25, 0.3) is 0 Å². The second-order valence-electron chi connectivity index (χ2n) is 5.64. The van der Waals surface area contributed by atoms with Crippen LogP contribution in [0.2, 0.25) is 0 Å². The van der Waals surface area contributed by atoms with E-state index in [1.54, 1.807) is 0 Å². The second-order valence-corrected chi connectivity index (χ2v) is 5.64. The van der Waals surface area contributed by atoms with Gasteiger partial charge >= 0.3 is 5.97 Å². The summed E-state index contributed by atoms with van der Waals surface area (Å²) in [5.41, 5.74) is 1.35. The lowest BCUT2D eigenvalue weighted by Crippen LogP contribution is -2.33. The van der Waals surface area contributed by atoms with Crippen LogP contribution in [0.5, 0.6) is 0 Å². The summed E-state index contributed by atoms with van der Waals surface area (Å²) in [4.78, 5) is 14.1. The largest absolute Gasteiger partial charge is 0.469 e. The van der Waals surface area contributed by atoms with Crippen molar-refractivity contribution in [3.8, 4) is 0 Å². The lowest BCUT2D eigenvalue weighted by molar-refractivity contribution is -0.141. The van der Waals surface area contributed by atoms with Crippen LogP contribution in [0.15, 0.2) is 30.3 Å². The normalized spacial score (nSPS) is 22.9. The minimum Gasteiger partial charge on any atom is -0.469 e. The Hall–Kier alpha value is -1.35. The summed E-state index contributed by atoms with van der Waals surface area (Å²) in [6.45, 7) is 4.29. The molecule has 0 aromatic heterocycles. The Balaban J connectivity index is 2.00. The summed E-state index contributed by atoms with van der Waals surface area (Å²) in [6, 6.07) is 11.1. The zero-order valence-corrected chi connectivity index (χ0v) is 12.5. The number of likely N-dealkylation sites (tertiary alicyclic amines) is 1. The molecule has 2 rings (SSSR count). The van der Waals surface area contributed by atoms with Gasteiger partial charge in [-0.1, -0.05) is 43.7 Å². The summed E-state index contributed by atoms with van der Waals surface area (Å²) >= 11 is 0. The SMILES string of the molecule is CCC[C@H]1[C@@H](CC(=O)OC)CCN1Cc1ccccc1. The van der Waals surface area contributed by atoms with Gasteiger partial charge in [0, 0.05) is 19.0 Å². The molecule has 0 spiro atoms. The maximum absolute atomic E-state index is 11.5. The molecule has 1 saturated heterocycles. The molecule has 0 N–H and O–H groups in total. The molecule has 0 bridgehead atoms. The second kappa shape index (κ2) is 7.44. The Bertz CT molecular complexity index is 418. The molecule has 0 unspecified atom stereocenters. The monoisotopic (exact) mass is 275 g/mol. The Morgan fingerprint density at radius 3 is 2.75 bits per heavy atom. The molecule has 2 atom stereocenters. The van der Waals surface area contributed by atoms with Gasteiger partial charge in [0.25, 0.3) is 0 Å². The van der Waals surface area contributed by atoms with Crippen LogP contribution in [0.4, 0.5) is 0 Å². The molecule has 0 radical (unpaired) electrons. The van der Waals surface area contributed by atoms with Crippen LogP contribution in [0.3, 0.4) is 0 Å². The van der Waals surface area contributed by atoms with Crippen molar-refractivity contribution < 1.29 is 9.53 Å². The van der Waals surface area contributed by atoms with Crippen LogP contribution in [-0.4, -0.2) is 30.6 Å². The van der Waals surface area contributed by atoms with E-state index in [0.29, 0.717) is 18.4 Å². The summed E-state index contributed by atoms with van der Waals surface area (Å²) in [5, 5.41) is 0. The number of benzene rings is 1. The number of esters is 1. The number of hydrogen-bond donors (Lipinski definition) is 0. The van der Waals surface area contributed by atoms with Crippen LogP contribution >= 0.6 is 0 Å². The molecule has 1 aromatic rings. The van der Waals surface area contributed by atoms with Gasteiger partial charge in [-0.25, -0.2) is 0 Å². The molecular weight excluding hydrogens is 250 g/mol. The van der Waals surface area contributed by atoms with Gasteiger partial charge in [-0.2, -0.15) is 0 Å². The van der Waals surface area contributed by atoms with Gasteiger partial charge in [-0.05, 0) is 30.9 Å². The summed E-state index contributed by atoms with van der Waals surface area (Å²) < 4.78 is 4.83. The fourth-order valence-electron chi connectivity index (χ4n) is 3.25. The molecule has 0 saturated carbocycles. The fourth-order valence-corrected chi connectivity index (χ4v) is 3.25. The van der Waals surface area contributed by atoms with Crippen molar-refractivity contribution in [2.24, 2.45) is 5.92 Å². The smallest absolute Gasteiger partial charge is 0.305 e. The highest BCUT2D eigenvalue weighted by atomic mass is 16.5. The third-order valence-corrected chi connectivity index (χ3v) is 4.27. The molecule has 3 heteroatoms. The summed E-state index contributed by atoms with van der Waals surface area (Å²) in [7, 11) is 1.48. The number of hydrogen-bond acceptors (Lipinski definition) is 3. The molecule has 110 valence electrons. The zero-order valence-electron chi connectivity index (χ0n) is 12.5. The number of carbonyl (C=O) groups excluding carboxylic acids is 1. The highest BCUT2D eigenvalue weighted by molar-refractivity contribution is 5.69. The Morgan fingerprint density at radius 2 is 2.10 bits per heavy atom. The first-order valence-corrected chi connectivity index (χ1v) is 7.59. The first kappa shape index (κ1) is 15.0. The molecule has 0 aliphatic carbocycles. The molecule has 1 heterocycles. The molecule has 1 aliphatic heterocycles. The standard InChI is InChI=1S/C17H25NO2/c1-3-7-16-15(12-17(19)20-2)10-11-18(16)13-14-8-5-4-6-9-14/h4-6,8-9,15-16H,3,7,10-13H2,1-2H3/t15-,16+/m1/s1. The van der Waals surface area contributed by atoms with E-state index in [1.807, 2.05) is 0 Å². The number of rotatable bonds is 6. The average Bonchev–Trinajstić information content (AvgIpc) is 2.83. The molecule has 0 amide bonds. The van der Waals surface area contributed by atoms with Crippen molar-refractivity contribution in [3.63, 3.8) is 0 Å². The predicted octanol–water partition coefficient (Wildman–Crippen LogP) is 3.24. The third kappa shape index (κ3) is 3.83. The number of nitrogens with zero attached hydrogens (tertiary/aromatic N) is 1. The van der Waals surface area contributed by atoms with E-state index in [0.717, 1.165) is 32.4 Å². The summed E-state index contributed by atoms with van der Waals surface area (Å²) in [6.07, 6.45) is 3.99. The van der Waals surface area contributed by atoms with Crippen molar-refractivity contribution in [1.82, 2.24) is 4.90 Å². The maximum Gasteiger partial charge on any atom is 0.305 e.